The quantitative estimate of drug-likeness (QED) is 0.625. The van der Waals surface area contributed by atoms with Gasteiger partial charge in [-0.2, -0.15) is 10.2 Å². The molecule has 0 N–H and O–H groups in total. The van der Waals surface area contributed by atoms with Crippen LogP contribution in [0.1, 0.15) is 37.7 Å². The fraction of sp³-hybridized carbons (Fsp3) is 0.478. The van der Waals surface area contributed by atoms with Gasteiger partial charge in [-0.3, -0.25) is 0 Å². The standard InChI is InChI=1S/C23H30N6O2/c1-15-7-9-18(10-8-15)29-17(3)19-16(2)24-25-21(20(19)26-29)27-11-13-28(14-12-27)22(30)31-23(4,5)6/h7-10H,11-14H2,1-6H3. The highest BCUT2D eigenvalue weighted by molar-refractivity contribution is 5.92. The van der Waals surface area contributed by atoms with Crippen LogP contribution in [0.25, 0.3) is 16.6 Å². The molecule has 1 amide bonds. The van der Waals surface area contributed by atoms with Crippen molar-refractivity contribution in [2.75, 3.05) is 31.1 Å². The van der Waals surface area contributed by atoms with Crippen molar-refractivity contribution < 1.29 is 9.53 Å². The molecule has 0 unspecified atom stereocenters. The highest BCUT2D eigenvalue weighted by atomic mass is 16.6. The van der Waals surface area contributed by atoms with Crippen molar-refractivity contribution in [2.45, 2.75) is 47.1 Å². The third-order valence-corrected chi connectivity index (χ3v) is 5.49. The fourth-order valence-corrected chi connectivity index (χ4v) is 3.89. The Labute approximate surface area is 182 Å². The average molecular weight is 423 g/mol. The zero-order valence-electron chi connectivity index (χ0n) is 19.1. The second-order valence-corrected chi connectivity index (χ2v) is 9.12. The van der Waals surface area contributed by atoms with Crippen LogP contribution in [0.15, 0.2) is 24.3 Å². The van der Waals surface area contributed by atoms with Crippen LogP contribution in [0.4, 0.5) is 10.6 Å². The van der Waals surface area contributed by atoms with E-state index in [9.17, 15) is 4.79 Å². The lowest BCUT2D eigenvalue weighted by Crippen LogP contribution is -2.50. The first-order valence-electron chi connectivity index (χ1n) is 10.7. The van der Waals surface area contributed by atoms with Crippen LogP contribution < -0.4 is 4.90 Å². The maximum atomic E-state index is 12.4. The van der Waals surface area contributed by atoms with Crippen molar-refractivity contribution in [1.82, 2.24) is 24.9 Å². The van der Waals surface area contributed by atoms with Gasteiger partial charge in [-0.1, -0.05) is 17.7 Å². The Bertz CT molecular complexity index is 1110. The predicted molar refractivity (Wildman–Crippen MR) is 121 cm³/mol. The number of benzene rings is 1. The summed E-state index contributed by atoms with van der Waals surface area (Å²) in [5.74, 6) is 0.762. The number of nitrogens with zero attached hydrogens (tertiary/aromatic N) is 6. The minimum Gasteiger partial charge on any atom is -0.444 e. The summed E-state index contributed by atoms with van der Waals surface area (Å²) in [5, 5.41) is 14.8. The van der Waals surface area contributed by atoms with Gasteiger partial charge in [0.15, 0.2) is 5.82 Å². The molecule has 0 atom stereocenters. The summed E-state index contributed by atoms with van der Waals surface area (Å²) in [4.78, 5) is 16.3. The Morgan fingerprint density at radius 3 is 2.23 bits per heavy atom. The maximum Gasteiger partial charge on any atom is 0.410 e. The minimum atomic E-state index is -0.497. The first kappa shape index (κ1) is 21.1. The van der Waals surface area contributed by atoms with E-state index in [0.29, 0.717) is 26.2 Å². The summed E-state index contributed by atoms with van der Waals surface area (Å²) in [5.41, 5.74) is 4.47. The van der Waals surface area contributed by atoms with E-state index in [1.165, 1.54) is 5.56 Å². The summed E-state index contributed by atoms with van der Waals surface area (Å²) in [6.07, 6.45) is -0.271. The lowest BCUT2D eigenvalue weighted by molar-refractivity contribution is 0.0240. The number of aromatic nitrogens is 4. The van der Waals surface area contributed by atoms with Gasteiger partial charge in [0.05, 0.1) is 22.5 Å². The number of ether oxygens (including phenoxy) is 1. The Morgan fingerprint density at radius 1 is 0.968 bits per heavy atom. The van der Waals surface area contributed by atoms with Gasteiger partial charge in [0.1, 0.15) is 11.1 Å². The number of anilines is 1. The second kappa shape index (κ2) is 7.83. The minimum absolute atomic E-state index is 0.271. The summed E-state index contributed by atoms with van der Waals surface area (Å²) in [6.45, 7) is 14.2. The van der Waals surface area contributed by atoms with Crippen LogP contribution in [-0.4, -0.2) is 62.8 Å². The van der Waals surface area contributed by atoms with Crippen molar-refractivity contribution in [3.8, 4) is 5.69 Å². The molecule has 31 heavy (non-hydrogen) atoms. The third-order valence-electron chi connectivity index (χ3n) is 5.49. The van der Waals surface area contributed by atoms with Gasteiger partial charge in [-0.25, -0.2) is 9.48 Å². The molecule has 0 bridgehead atoms. The first-order valence-corrected chi connectivity index (χ1v) is 10.7. The SMILES string of the molecule is Cc1ccc(-n2nc3c(N4CCN(C(=O)OC(C)(C)C)CC4)nnc(C)c3c2C)cc1. The molecule has 1 aliphatic rings. The number of rotatable bonds is 2. The van der Waals surface area contributed by atoms with Gasteiger partial charge in [0, 0.05) is 26.2 Å². The molecule has 3 aromatic rings. The van der Waals surface area contributed by atoms with E-state index < -0.39 is 5.60 Å². The van der Waals surface area contributed by atoms with Gasteiger partial charge in [0.2, 0.25) is 0 Å². The van der Waals surface area contributed by atoms with Gasteiger partial charge in [-0.05, 0) is 53.7 Å². The molecular formula is C23H30N6O2. The largest absolute Gasteiger partial charge is 0.444 e. The molecular weight excluding hydrogens is 392 g/mol. The number of fused-ring (bicyclic) bond motifs is 1. The molecule has 8 heteroatoms. The lowest BCUT2D eigenvalue weighted by Gasteiger charge is -2.36. The molecule has 1 aliphatic heterocycles. The number of piperazine rings is 1. The van der Waals surface area contributed by atoms with Crippen molar-refractivity contribution >= 4 is 22.8 Å². The molecule has 0 saturated carbocycles. The molecule has 164 valence electrons. The molecule has 4 rings (SSSR count). The fourth-order valence-electron chi connectivity index (χ4n) is 3.89. The van der Waals surface area contributed by atoms with Gasteiger partial charge < -0.3 is 14.5 Å². The average Bonchev–Trinajstić information content (AvgIpc) is 3.06. The topological polar surface area (TPSA) is 76.4 Å². The van der Waals surface area contributed by atoms with Crippen molar-refractivity contribution in [3.63, 3.8) is 0 Å². The molecule has 8 nitrogen and oxygen atoms in total. The zero-order valence-corrected chi connectivity index (χ0v) is 19.1. The first-order chi connectivity index (χ1) is 14.6. The van der Waals surface area contributed by atoms with E-state index in [0.717, 1.165) is 33.8 Å². The van der Waals surface area contributed by atoms with Crippen molar-refractivity contribution in [3.05, 3.63) is 41.2 Å². The third kappa shape index (κ3) is 4.19. The number of amides is 1. The predicted octanol–water partition coefficient (Wildman–Crippen LogP) is 3.80. The molecule has 0 aliphatic carbocycles. The van der Waals surface area contributed by atoms with Crippen molar-refractivity contribution in [2.24, 2.45) is 0 Å². The van der Waals surface area contributed by atoms with Crippen LogP contribution in [0, 0.1) is 20.8 Å². The Balaban J connectivity index is 1.62. The number of aryl methyl sites for hydroxylation is 3. The Kier molecular flexibility index (Phi) is 5.33. The molecule has 1 aromatic carbocycles. The summed E-state index contributed by atoms with van der Waals surface area (Å²) >= 11 is 0. The van der Waals surface area contributed by atoms with Gasteiger partial charge >= 0.3 is 6.09 Å². The molecule has 2 aromatic heterocycles. The Morgan fingerprint density at radius 2 is 1.61 bits per heavy atom. The molecule has 1 saturated heterocycles. The molecule has 3 heterocycles. The molecule has 1 fully saturated rings. The summed E-state index contributed by atoms with van der Waals surface area (Å²) in [7, 11) is 0. The number of hydrogen-bond acceptors (Lipinski definition) is 6. The van der Waals surface area contributed by atoms with Crippen LogP contribution in [0.2, 0.25) is 0 Å². The monoisotopic (exact) mass is 422 g/mol. The second-order valence-electron chi connectivity index (χ2n) is 9.12. The van der Waals surface area contributed by atoms with Crippen molar-refractivity contribution in [1.29, 1.82) is 0 Å². The zero-order chi connectivity index (χ0) is 22.3. The number of carbonyl (C=O) groups is 1. The summed E-state index contributed by atoms with van der Waals surface area (Å²) < 4.78 is 7.46. The molecule has 0 radical (unpaired) electrons. The number of hydrogen-bond donors (Lipinski definition) is 0. The lowest BCUT2D eigenvalue weighted by atomic mass is 10.2. The highest BCUT2D eigenvalue weighted by Crippen LogP contribution is 2.30. The molecule has 0 spiro atoms. The highest BCUT2D eigenvalue weighted by Gasteiger charge is 2.28. The maximum absolute atomic E-state index is 12.4. The van der Waals surface area contributed by atoms with E-state index in [4.69, 9.17) is 9.84 Å². The van der Waals surface area contributed by atoms with Crippen LogP contribution >= 0.6 is 0 Å². The van der Waals surface area contributed by atoms with E-state index in [2.05, 4.69) is 53.2 Å². The summed E-state index contributed by atoms with van der Waals surface area (Å²) in [6, 6.07) is 8.32. The Hall–Kier alpha value is -3.16. The van der Waals surface area contributed by atoms with Gasteiger partial charge in [0.25, 0.3) is 0 Å². The van der Waals surface area contributed by atoms with E-state index in [1.807, 2.05) is 32.4 Å². The van der Waals surface area contributed by atoms with E-state index in [1.54, 1.807) is 4.90 Å². The normalized spacial score (nSPS) is 14.9. The van der Waals surface area contributed by atoms with Crippen LogP contribution in [-0.2, 0) is 4.74 Å². The van der Waals surface area contributed by atoms with E-state index >= 15 is 0 Å². The smallest absolute Gasteiger partial charge is 0.410 e. The van der Waals surface area contributed by atoms with Crippen LogP contribution in [0.3, 0.4) is 0 Å². The van der Waals surface area contributed by atoms with Crippen LogP contribution in [0.5, 0.6) is 0 Å². The van der Waals surface area contributed by atoms with Gasteiger partial charge in [-0.15, -0.1) is 5.10 Å². The number of carbonyl (C=O) groups excluding carboxylic acids is 1. The van der Waals surface area contributed by atoms with E-state index in [-0.39, 0.29) is 6.09 Å².